The van der Waals surface area contributed by atoms with Gasteiger partial charge in [-0.15, -0.1) is 0 Å². The molecule has 0 amide bonds. The van der Waals surface area contributed by atoms with Crippen LogP contribution < -0.4 is 0 Å². The first kappa shape index (κ1) is 20.3. The summed E-state index contributed by atoms with van der Waals surface area (Å²) in [6.45, 7) is 0. The third-order valence-electron chi connectivity index (χ3n) is 3.69. The fourth-order valence-corrected chi connectivity index (χ4v) is 3.05. The summed E-state index contributed by atoms with van der Waals surface area (Å²) >= 11 is 8.78. The number of aliphatic hydroxyl groups is 1. The van der Waals surface area contributed by atoms with E-state index in [9.17, 15) is 27.1 Å². The number of hydrogen-bond donors (Lipinski definition) is 1. The topological polar surface area (TPSA) is 55.9 Å². The molecule has 1 aromatic carbocycles. The predicted molar refractivity (Wildman–Crippen MR) is 95.5 cm³/mol. The Morgan fingerprint density at radius 2 is 1.75 bits per heavy atom. The standard InChI is InChI=1S/C16H9BrClF5N4O/c1-26-15(18)11(13(25-26)16(21,22)23)12(28)14(17)27-6-5-9(24-27)10-7(19)3-2-4-8(10)20/h2-6,28H,1H3. The van der Waals surface area contributed by atoms with E-state index in [0.29, 0.717) is 0 Å². The van der Waals surface area contributed by atoms with Crippen LogP contribution in [0.25, 0.3) is 21.6 Å². The summed E-state index contributed by atoms with van der Waals surface area (Å²) in [5.74, 6) is -2.65. The molecule has 12 heteroatoms. The molecule has 5 nitrogen and oxygen atoms in total. The lowest BCUT2D eigenvalue weighted by molar-refractivity contribution is -0.141. The van der Waals surface area contributed by atoms with Crippen molar-refractivity contribution in [1.29, 1.82) is 0 Å². The van der Waals surface area contributed by atoms with Crippen molar-refractivity contribution in [2.75, 3.05) is 0 Å². The third kappa shape index (κ3) is 3.51. The Balaban J connectivity index is 2.12. The second-order valence-corrected chi connectivity index (χ2v) is 6.63. The Morgan fingerprint density at radius 1 is 1.14 bits per heavy atom. The molecule has 2 heterocycles. The second kappa shape index (κ2) is 7.21. The molecule has 28 heavy (non-hydrogen) atoms. The zero-order valence-electron chi connectivity index (χ0n) is 13.8. The maximum atomic E-state index is 13.9. The minimum absolute atomic E-state index is 0.131. The number of aliphatic hydroxyl groups excluding tert-OH is 1. The smallest absolute Gasteiger partial charge is 0.435 e. The van der Waals surface area contributed by atoms with Crippen LogP contribution in [0.5, 0.6) is 0 Å². The number of rotatable bonds is 3. The van der Waals surface area contributed by atoms with Gasteiger partial charge in [-0.1, -0.05) is 17.7 Å². The number of alkyl halides is 3. The number of nitrogens with zero attached hydrogens (tertiary/aromatic N) is 4. The summed E-state index contributed by atoms with van der Waals surface area (Å²) < 4.78 is 68.7. The summed E-state index contributed by atoms with van der Waals surface area (Å²) in [5.41, 5.74) is -2.72. The van der Waals surface area contributed by atoms with Gasteiger partial charge in [0, 0.05) is 13.2 Å². The first-order chi connectivity index (χ1) is 13.0. The molecule has 3 aromatic rings. The van der Waals surface area contributed by atoms with Crippen molar-refractivity contribution in [3.8, 4) is 11.3 Å². The van der Waals surface area contributed by atoms with Gasteiger partial charge in [-0.25, -0.2) is 13.5 Å². The minimum Gasteiger partial charge on any atom is -0.504 e. The quantitative estimate of drug-likeness (QED) is 0.397. The van der Waals surface area contributed by atoms with Gasteiger partial charge >= 0.3 is 6.18 Å². The first-order valence-electron chi connectivity index (χ1n) is 7.41. The van der Waals surface area contributed by atoms with Crippen molar-refractivity contribution in [3.05, 3.63) is 58.5 Å². The zero-order chi connectivity index (χ0) is 20.8. The van der Waals surface area contributed by atoms with Crippen LogP contribution in [0.4, 0.5) is 22.0 Å². The summed E-state index contributed by atoms with van der Waals surface area (Å²) in [6, 6.07) is 4.47. The molecule has 0 fully saturated rings. The van der Waals surface area contributed by atoms with E-state index < -0.39 is 45.5 Å². The van der Waals surface area contributed by atoms with Gasteiger partial charge in [0.05, 0.1) is 16.8 Å². The zero-order valence-corrected chi connectivity index (χ0v) is 16.1. The molecule has 0 aliphatic heterocycles. The monoisotopic (exact) mass is 482 g/mol. The number of benzene rings is 1. The molecule has 0 radical (unpaired) electrons. The van der Waals surface area contributed by atoms with E-state index in [4.69, 9.17) is 11.6 Å². The van der Waals surface area contributed by atoms with Crippen molar-refractivity contribution in [2.45, 2.75) is 6.18 Å². The van der Waals surface area contributed by atoms with E-state index >= 15 is 0 Å². The molecule has 0 atom stereocenters. The van der Waals surface area contributed by atoms with Crippen LogP contribution in [0, 0.1) is 11.6 Å². The molecule has 2 aromatic heterocycles. The van der Waals surface area contributed by atoms with Crippen molar-refractivity contribution in [1.82, 2.24) is 19.6 Å². The molecule has 0 unspecified atom stereocenters. The summed E-state index contributed by atoms with van der Waals surface area (Å²) in [6.07, 6.45) is -3.69. The average molecular weight is 484 g/mol. The lowest BCUT2D eigenvalue weighted by Crippen LogP contribution is -2.10. The molecule has 1 N–H and O–H groups in total. The predicted octanol–water partition coefficient (Wildman–Crippen LogP) is 5.47. The van der Waals surface area contributed by atoms with Gasteiger partial charge in [-0.2, -0.15) is 23.4 Å². The highest BCUT2D eigenvalue weighted by Gasteiger charge is 2.40. The molecule has 0 saturated carbocycles. The lowest BCUT2D eigenvalue weighted by Gasteiger charge is -2.08. The molecule has 0 saturated heterocycles. The highest BCUT2D eigenvalue weighted by Crippen LogP contribution is 2.39. The van der Waals surface area contributed by atoms with Gasteiger partial charge in [0.15, 0.2) is 11.5 Å². The average Bonchev–Trinajstić information content (AvgIpc) is 3.19. The van der Waals surface area contributed by atoms with Gasteiger partial charge in [0.2, 0.25) is 0 Å². The largest absolute Gasteiger partial charge is 0.504 e. The second-order valence-electron chi connectivity index (χ2n) is 5.52. The fraction of sp³-hybridized carbons (Fsp3) is 0.125. The number of aromatic nitrogens is 4. The van der Waals surface area contributed by atoms with Crippen LogP contribution in [-0.2, 0) is 13.2 Å². The molecule has 0 aliphatic rings. The number of halogens is 7. The molecular formula is C16H9BrClF5N4O. The van der Waals surface area contributed by atoms with E-state index in [1.165, 1.54) is 25.4 Å². The van der Waals surface area contributed by atoms with Gasteiger partial charge in [0.1, 0.15) is 21.4 Å². The maximum Gasteiger partial charge on any atom is 0.435 e. The van der Waals surface area contributed by atoms with Crippen LogP contribution in [0.15, 0.2) is 30.5 Å². The van der Waals surface area contributed by atoms with E-state index in [1.807, 2.05) is 0 Å². The Kier molecular flexibility index (Phi) is 5.24. The Bertz CT molecular complexity index is 1070. The van der Waals surface area contributed by atoms with Crippen LogP contribution in [-0.4, -0.2) is 24.7 Å². The van der Waals surface area contributed by atoms with Crippen molar-refractivity contribution >= 4 is 37.9 Å². The van der Waals surface area contributed by atoms with Crippen LogP contribution in [0.2, 0.25) is 5.15 Å². The highest BCUT2D eigenvalue weighted by atomic mass is 79.9. The molecule has 148 valence electrons. The minimum atomic E-state index is -4.88. The summed E-state index contributed by atoms with van der Waals surface area (Å²) in [4.78, 5) is 0. The van der Waals surface area contributed by atoms with E-state index in [2.05, 4.69) is 26.1 Å². The van der Waals surface area contributed by atoms with Crippen molar-refractivity contribution in [3.63, 3.8) is 0 Å². The van der Waals surface area contributed by atoms with Gasteiger partial charge in [-0.3, -0.25) is 4.68 Å². The van der Waals surface area contributed by atoms with Crippen LogP contribution >= 0.6 is 27.5 Å². The SMILES string of the molecule is Cn1nc(C(F)(F)F)c(C(O)=C(Br)n2ccc(-c3c(F)cccc3F)n2)c1Cl. The summed E-state index contributed by atoms with van der Waals surface area (Å²) in [7, 11) is 1.18. The number of hydrogen-bond acceptors (Lipinski definition) is 3. The third-order valence-corrected chi connectivity index (χ3v) is 4.86. The highest BCUT2D eigenvalue weighted by molar-refractivity contribution is 9.15. The Labute approximate surface area is 167 Å². The molecule has 0 spiro atoms. The first-order valence-corrected chi connectivity index (χ1v) is 8.58. The molecule has 0 bridgehead atoms. The fourth-order valence-electron chi connectivity index (χ4n) is 2.43. The van der Waals surface area contributed by atoms with Crippen molar-refractivity contribution in [2.24, 2.45) is 7.05 Å². The lowest BCUT2D eigenvalue weighted by atomic mass is 10.1. The normalized spacial score (nSPS) is 13.0. The Hall–Kier alpha value is -2.40. The molecular weight excluding hydrogens is 475 g/mol. The van der Waals surface area contributed by atoms with E-state index in [1.54, 1.807) is 0 Å². The maximum absolute atomic E-state index is 13.9. The van der Waals surface area contributed by atoms with Gasteiger partial charge in [-0.05, 0) is 34.1 Å². The van der Waals surface area contributed by atoms with Crippen LogP contribution in [0.1, 0.15) is 11.3 Å². The van der Waals surface area contributed by atoms with E-state index in [-0.39, 0.29) is 10.3 Å². The van der Waals surface area contributed by atoms with E-state index in [0.717, 1.165) is 21.5 Å². The van der Waals surface area contributed by atoms with Gasteiger partial charge < -0.3 is 5.11 Å². The molecule has 0 aliphatic carbocycles. The van der Waals surface area contributed by atoms with Gasteiger partial charge in [0.25, 0.3) is 0 Å². The summed E-state index contributed by atoms with van der Waals surface area (Å²) in [5, 5.41) is 17.1. The molecule has 3 rings (SSSR count). The van der Waals surface area contributed by atoms with Crippen LogP contribution in [0.3, 0.4) is 0 Å². The van der Waals surface area contributed by atoms with Crippen molar-refractivity contribution < 1.29 is 27.1 Å². The number of aryl methyl sites for hydroxylation is 1. The Morgan fingerprint density at radius 3 is 2.32 bits per heavy atom.